The molecule has 1 N–H and O–H groups in total. The first-order chi connectivity index (χ1) is 8.78. The average Bonchev–Trinajstić information content (AvgIpc) is 2.81. The fourth-order valence-electron chi connectivity index (χ4n) is 2.16. The van der Waals surface area contributed by atoms with Crippen LogP contribution in [0, 0.1) is 0 Å². The predicted molar refractivity (Wildman–Crippen MR) is 74.5 cm³/mol. The lowest BCUT2D eigenvalue weighted by Crippen LogP contribution is -2.28. The van der Waals surface area contributed by atoms with Gasteiger partial charge in [-0.25, -0.2) is 0 Å². The lowest BCUT2D eigenvalue weighted by molar-refractivity contribution is 0.512. The molecule has 0 aliphatic heterocycles. The van der Waals surface area contributed by atoms with Gasteiger partial charge in [0.2, 0.25) is 0 Å². The van der Waals surface area contributed by atoms with Crippen LogP contribution in [-0.4, -0.2) is 22.9 Å². The molecule has 1 aromatic carbocycles. The van der Waals surface area contributed by atoms with Crippen molar-refractivity contribution >= 4 is 0 Å². The summed E-state index contributed by atoms with van der Waals surface area (Å²) in [7, 11) is 3.99. The molecule has 0 saturated heterocycles. The molecule has 1 unspecified atom stereocenters. The van der Waals surface area contributed by atoms with Gasteiger partial charge >= 0.3 is 0 Å². The van der Waals surface area contributed by atoms with Crippen molar-refractivity contribution in [1.29, 1.82) is 0 Å². The van der Waals surface area contributed by atoms with Crippen LogP contribution in [0.25, 0.3) is 0 Å². The number of hydrogen-bond acceptors (Lipinski definition) is 2. The van der Waals surface area contributed by atoms with Crippen LogP contribution in [0.3, 0.4) is 0 Å². The molecule has 0 fully saturated rings. The van der Waals surface area contributed by atoms with Gasteiger partial charge in [0.1, 0.15) is 0 Å². The van der Waals surface area contributed by atoms with E-state index in [1.54, 1.807) is 0 Å². The van der Waals surface area contributed by atoms with Gasteiger partial charge in [-0.3, -0.25) is 4.68 Å². The van der Waals surface area contributed by atoms with Crippen molar-refractivity contribution in [3.05, 3.63) is 53.9 Å². The number of aryl methyl sites for hydroxylation is 2. The Labute approximate surface area is 109 Å². The van der Waals surface area contributed by atoms with Crippen LogP contribution in [0.15, 0.2) is 42.6 Å². The minimum absolute atomic E-state index is 0.486. The highest BCUT2D eigenvalue weighted by Gasteiger charge is 2.09. The maximum absolute atomic E-state index is 4.43. The van der Waals surface area contributed by atoms with Crippen LogP contribution in [0.4, 0.5) is 0 Å². The number of rotatable bonds is 6. The molecule has 0 saturated carbocycles. The quantitative estimate of drug-likeness (QED) is 0.843. The molecule has 0 bridgehead atoms. The first-order valence-corrected chi connectivity index (χ1v) is 6.47. The zero-order valence-corrected chi connectivity index (χ0v) is 11.1. The Morgan fingerprint density at radius 3 is 2.61 bits per heavy atom. The molecule has 0 spiro atoms. The minimum atomic E-state index is 0.486. The predicted octanol–water partition coefficient (Wildman–Crippen LogP) is 2.18. The van der Waals surface area contributed by atoms with Crippen LogP contribution in [0.2, 0.25) is 0 Å². The van der Waals surface area contributed by atoms with Crippen LogP contribution < -0.4 is 5.32 Å². The molecular formula is C15H21N3. The smallest absolute Gasteiger partial charge is 0.0639 e. The van der Waals surface area contributed by atoms with Gasteiger partial charge in [-0.15, -0.1) is 0 Å². The average molecular weight is 243 g/mol. The summed E-state index contributed by atoms with van der Waals surface area (Å²) in [4.78, 5) is 0. The maximum atomic E-state index is 4.43. The van der Waals surface area contributed by atoms with Gasteiger partial charge in [-0.1, -0.05) is 30.3 Å². The van der Waals surface area contributed by atoms with Crippen LogP contribution in [-0.2, 0) is 19.9 Å². The first-order valence-electron chi connectivity index (χ1n) is 6.47. The lowest BCUT2D eigenvalue weighted by atomic mass is 10.0. The highest BCUT2D eigenvalue weighted by atomic mass is 15.2. The first kappa shape index (κ1) is 12.8. The second-order valence-electron chi connectivity index (χ2n) is 4.69. The number of aromatic nitrogens is 2. The Kier molecular flexibility index (Phi) is 4.53. The van der Waals surface area contributed by atoms with Crippen molar-refractivity contribution in [3.8, 4) is 0 Å². The van der Waals surface area contributed by atoms with E-state index in [0.717, 1.165) is 25.0 Å². The van der Waals surface area contributed by atoms with Gasteiger partial charge in [0.25, 0.3) is 0 Å². The molecule has 0 aliphatic rings. The van der Waals surface area contributed by atoms with Crippen molar-refractivity contribution in [1.82, 2.24) is 15.1 Å². The third-order valence-electron chi connectivity index (χ3n) is 3.26. The molecule has 2 rings (SSSR count). The molecule has 3 nitrogen and oxygen atoms in total. The molecular weight excluding hydrogens is 222 g/mol. The summed E-state index contributed by atoms with van der Waals surface area (Å²) >= 11 is 0. The van der Waals surface area contributed by atoms with Crippen molar-refractivity contribution < 1.29 is 0 Å². The van der Waals surface area contributed by atoms with E-state index in [-0.39, 0.29) is 0 Å². The van der Waals surface area contributed by atoms with Crippen molar-refractivity contribution in [2.75, 3.05) is 7.05 Å². The topological polar surface area (TPSA) is 29.9 Å². The molecule has 3 heteroatoms. The second kappa shape index (κ2) is 6.36. The molecule has 0 radical (unpaired) electrons. The Morgan fingerprint density at radius 2 is 2.00 bits per heavy atom. The fraction of sp³-hybridized carbons (Fsp3) is 0.400. The third-order valence-corrected chi connectivity index (χ3v) is 3.26. The van der Waals surface area contributed by atoms with Crippen molar-refractivity contribution in [3.63, 3.8) is 0 Å². The summed E-state index contributed by atoms with van der Waals surface area (Å²) in [5, 5.41) is 7.81. The standard InChI is InChI=1S/C15H21N3/c1-16-14(12-15-10-11-18(2)17-15)9-8-13-6-4-3-5-7-13/h3-7,10-11,14,16H,8-9,12H2,1-2H3. The van der Waals surface area contributed by atoms with E-state index in [4.69, 9.17) is 0 Å². The largest absolute Gasteiger partial charge is 0.317 e. The van der Waals surface area contributed by atoms with E-state index in [1.807, 2.05) is 25.0 Å². The van der Waals surface area contributed by atoms with Gasteiger partial charge in [-0.05, 0) is 31.5 Å². The summed E-state index contributed by atoms with van der Waals surface area (Å²) in [6.45, 7) is 0. The zero-order valence-electron chi connectivity index (χ0n) is 11.1. The molecule has 2 aromatic rings. The van der Waals surface area contributed by atoms with E-state index < -0.39 is 0 Å². The second-order valence-corrected chi connectivity index (χ2v) is 4.69. The minimum Gasteiger partial charge on any atom is -0.317 e. The molecule has 1 aromatic heterocycles. The highest BCUT2D eigenvalue weighted by molar-refractivity contribution is 5.15. The monoisotopic (exact) mass is 243 g/mol. The lowest BCUT2D eigenvalue weighted by Gasteiger charge is -2.14. The fourth-order valence-corrected chi connectivity index (χ4v) is 2.16. The number of likely N-dealkylation sites (N-methyl/N-ethyl adjacent to an activating group) is 1. The van der Waals surface area contributed by atoms with Crippen LogP contribution in [0.1, 0.15) is 17.7 Å². The molecule has 1 heterocycles. The maximum Gasteiger partial charge on any atom is 0.0639 e. The van der Waals surface area contributed by atoms with Crippen molar-refractivity contribution in [2.24, 2.45) is 7.05 Å². The number of benzene rings is 1. The van der Waals surface area contributed by atoms with Crippen molar-refractivity contribution in [2.45, 2.75) is 25.3 Å². The van der Waals surface area contributed by atoms with Gasteiger partial charge in [-0.2, -0.15) is 5.10 Å². The van der Waals surface area contributed by atoms with Crippen LogP contribution >= 0.6 is 0 Å². The third kappa shape index (κ3) is 3.70. The summed E-state index contributed by atoms with van der Waals surface area (Å²) < 4.78 is 1.86. The Balaban J connectivity index is 1.86. The molecule has 0 amide bonds. The summed E-state index contributed by atoms with van der Waals surface area (Å²) in [6.07, 6.45) is 5.24. The molecule has 0 aliphatic carbocycles. The number of nitrogens with one attached hydrogen (secondary N) is 1. The van der Waals surface area contributed by atoms with E-state index in [1.165, 1.54) is 5.56 Å². The zero-order chi connectivity index (χ0) is 12.8. The van der Waals surface area contributed by atoms with Gasteiger partial charge in [0.05, 0.1) is 5.69 Å². The van der Waals surface area contributed by atoms with Gasteiger partial charge < -0.3 is 5.32 Å². The Morgan fingerprint density at radius 1 is 1.22 bits per heavy atom. The molecule has 96 valence electrons. The van der Waals surface area contributed by atoms with E-state index in [0.29, 0.717) is 6.04 Å². The highest BCUT2D eigenvalue weighted by Crippen LogP contribution is 2.08. The molecule has 18 heavy (non-hydrogen) atoms. The summed E-state index contributed by atoms with van der Waals surface area (Å²) in [6, 6.07) is 13.2. The van der Waals surface area contributed by atoms with Crippen LogP contribution in [0.5, 0.6) is 0 Å². The normalized spacial score (nSPS) is 12.6. The SMILES string of the molecule is CNC(CCc1ccccc1)Cc1ccn(C)n1. The van der Waals surface area contributed by atoms with E-state index in [2.05, 4.69) is 46.8 Å². The van der Waals surface area contributed by atoms with Gasteiger partial charge in [0, 0.05) is 25.7 Å². The number of nitrogens with zero attached hydrogens (tertiary/aromatic N) is 2. The van der Waals surface area contributed by atoms with E-state index in [9.17, 15) is 0 Å². The van der Waals surface area contributed by atoms with E-state index >= 15 is 0 Å². The summed E-state index contributed by atoms with van der Waals surface area (Å²) in [5.74, 6) is 0. The number of hydrogen-bond donors (Lipinski definition) is 1. The Hall–Kier alpha value is -1.61. The van der Waals surface area contributed by atoms with Gasteiger partial charge in [0.15, 0.2) is 0 Å². The Bertz CT molecular complexity index is 462. The summed E-state index contributed by atoms with van der Waals surface area (Å²) in [5.41, 5.74) is 2.56. The molecule has 1 atom stereocenters.